The molecule has 28 heavy (non-hydrogen) atoms. The number of nitrogens with one attached hydrogen (secondary N) is 2. The lowest BCUT2D eigenvalue weighted by Crippen LogP contribution is -2.29. The molecule has 9 heteroatoms. The molecule has 0 fully saturated rings. The summed E-state index contributed by atoms with van der Waals surface area (Å²) in [6.07, 6.45) is 3.80. The Hall–Kier alpha value is -2.91. The molecule has 2 aromatic heterocycles. The Kier molecular flexibility index (Phi) is 5.96. The number of sulfonamides is 1. The molecular formula is C19H23N5O3S. The second kappa shape index (κ2) is 8.41. The van der Waals surface area contributed by atoms with Crippen LogP contribution in [0.4, 0.5) is 5.82 Å². The van der Waals surface area contributed by atoms with E-state index in [4.69, 9.17) is 4.74 Å². The molecule has 0 bridgehead atoms. The number of aryl methyl sites for hydroxylation is 2. The molecule has 0 saturated carbocycles. The molecule has 8 nitrogen and oxygen atoms in total. The van der Waals surface area contributed by atoms with Gasteiger partial charge in [0.2, 0.25) is 10.0 Å². The quantitative estimate of drug-likeness (QED) is 0.562. The summed E-state index contributed by atoms with van der Waals surface area (Å²) in [5.74, 6) is 2.66. The molecule has 2 heterocycles. The van der Waals surface area contributed by atoms with Gasteiger partial charge in [0.25, 0.3) is 0 Å². The Balaban J connectivity index is 1.60. The van der Waals surface area contributed by atoms with Crippen molar-refractivity contribution >= 4 is 15.8 Å². The Bertz CT molecular complexity index is 1050. The summed E-state index contributed by atoms with van der Waals surface area (Å²) in [5, 5.41) is 3.13. The van der Waals surface area contributed by atoms with Gasteiger partial charge < -0.3 is 14.6 Å². The smallest absolute Gasteiger partial charge is 0.240 e. The second-order valence-corrected chi connectivity index (χ2v) is 7.97. The predicted molar refractivity (Wildman–Crippen MR) is 108 cm³/mol. The van der Waals surface area contributed by atoms with Crippen molar-refractivity contribution in [2.24, 2.45) is 0 Å². The first-order valence-electron chi connectivity index (χ1n) is 8.76. The lowest BCUT2D eigenvalue weighted by atomic mass is 10.2. The van der Waals surface area contributed by atoms with Crippen LogP contribution in [0, 0.1) is 13.8 Å². The van der Waals surface area contributed by atoms with Crippen LogP contribution in [0.1, 0.15) is 11.4 Å². The van der Waals surface area contributed by atoms with Crippen molar-refractivity contribution < 1.29 is 13.2 Å². The molecule has 1 aromatic carbocycles. The van der Waals surface area contributed by atoms with Crippen LogP contribution in [0.15, 0.2) is 53.7 Å². The number of rotatable bonds is 8. The third-order valence-corrected chi connectivity index (χ3v) is 5.55. The normalized spacial score (nSPS) is 11.4. The van der Waals surface area contributed by atoms with Crippen molar-refractivity contribution in [1.82, 2.24) is 19.3 Å². The van der Waals surface area contributed by atoms with E-state index in [-0.39, 0.29) is 11.4 Å². The van der Waals surface area contributed by atoms with Crippen molar-refractivity contribution in [2.75, 3.05) is 25.5 Å². The van der Waals surface area contributed by atoms with Gasteiger partial charge in [-0.2, -0.15) is 0 Å². The number of methoxy groups -OCH3 is 1. The van der Waals surface area contributed by atoms with E-state index in [0.29, 0.717) is 23.9 Å². The van der Waals surface area contributed by atoms with Gasteiger partial charge in [0.05, 0.1) is 12.0 Å². The first-order valence-corrected chi connectivity index (χ1v) is 10.2. The number of ether oxygens (including phenoxy) is 1. The highest BCUT2D eigenvalue weighted by Gasteiger charge is 2.14. The molecular weight excluding hydrogens is 378 g/mol. The zero-order valence-corrected chi connectivity index (χ0v) is 16.8. The van der Waals surface area contributed by atoms with E-state index < -0.39 is 10.0 Å². The topological polar surface area (TPSA) is 98.1 Å². The molecule has 0 aliphatic heterocycles. The lowest BCUT2D eigenvalue weighted by Gasteiger charge is -2.11. The molecule has 0 amide bonds. The van der Waals surface area contributed by atoms with Gasteiger partial charge in [0.1, 0.15) is 23.2 Å². The predicted octanol–water partition coefficient (Wildman–Crippen LogP) is 2.28. The van der Waals surface area contributed by atoms with Crippen LogP contribution in [-0.2, 0) is 10.0 Å². The Morgan fingerprint density at radius 1 is 1.07 bits per heavy atom. The van der Waals surface area contributed by atoms with E-state index in [1.54, 1.807) is 26.2 Å². The monoisotopic (exact) mass is 401 g/mol. The number of hydrogen-bond acceptors (Lipinski definition) is 6. The molecule has 0 unspecified atom stereocenters. The molecule has 3 aromatic rings. The summed E-state index contributed by atoms with van der Waals surface area (Å²) in [6, 6.07) is 10.4. The zero-order valence-electron chi connectivity index (χ0n) is 16.0. The van der Waals surface area contributed by atoms with Gasteiger partial charge in [-0.15, -0.1) is 0 Å². The molecule has 0 radical (unpaired) electrons. The van der Waals surface area contributed by atoms with Crippen molar-refractivity contribution in [1.29, 1.82) is 0 Å². The van der Waals surface area contributed by atoms with Gasteiger partial charge in [-0.25, -0.2) is 23.1 Å². The highest BCUT2D eigenvalue weighted by molar-refractivity contribution is 7.89. The van der Waals surface area contributed by atoms with E-state index in [9.17, 15) is 8.42 Å². The van der Waals surface area contributed by atoms with Gasteiger partial charge in [-0.3, -0.25) is 0 Å². The van der Waals surface area contributed by atoms with Crippen molar-refractivity contribution in [3.05, 3.63) is 60.2 Å². The SMILES string of the molecule is COc1ccc(S(=O)(=O)NCCNc2cc(-n3cccc3)nc(C)n2)cc1C. The van der Waals surface area contributed by atoms with Crippen LogP contribution in [0.25, 0.3) is 5.82 Å². The van der Waals surface area contributed by atoms with Crippen molar-refractivity contribution in [2.45, 2.75) is 18.7 Å². The Morgan fingerprint density at radius 3 is 2.50 bits per heavy atom. The molecule has 148 valence electrons. The first kappa shape index (κ1) is 19.8. The number of anilines is 1. The number of benzene rings is 1. The number of hydrogen-bond donors (Lipinski definition) is 2. The van der Waals surface area contributed by atoms with E-state index >= 15 is 0 Å². The Labute approximate surface area is 164 Å². The summed E-state index contributed by atoms with van der Waals surface area (Å²) in [6.45, 7) is 4.22. The van der Waals surface area contributed by atoms with E-state index in [0.717, 1.165) is 11.4 Å². The van der Waals surface area contributed by atoms with E-state index in [2.05, 4.69) is 20.0 Å². The molecule has 0 spiro atoms. The van der Waals surface area contributed by atoms with E-state index in [1.165, 1.54) is 6.07 Å². The maximum Gasteiger partial charge on any atom is 0.240 e. The van der Waals surface area contributed by atoms with Gasteiger partial charge in [0.15, 0.2) is 0 Å². The van der Waals surface area contributed by atoms with E-state index in [1.807, 2.05) is 42.1 Å². The summed E-state index contributed by atoms with van der Waals surface area (Å²) < 4.78 is 34.5. The van der Waals surface area contributed by atoms with Crippen molar-refractivity contribution in [3.8, 4) is 11.6 Å². The lowest BCUT2D eigenvalue weighted by molar-refractivity contribution is 0.411. The molecule has 0 saturated heterocycles. The average molecular weight is 401 g/mol. The highest BCUT2D eigenvalue weighted by Crippen LogP contribution is 2.21. The van der Waals surface area contributed by atoms with Gasteiger partial charge in [-0.05, 0) is 49.7 Å². The fraction of sp³-hybridized carbons (Fsp3) is 0.263. The Morgan fingerprint density at radius 2 is 1.82 bits per heavy atom. The van der Waals surface area contributed by atoms with Crippen molar-refractivity contribution in [3.63, 3.8) is 0 Å². The summed E-state index contributed by atoms with van der Waals surface area (Å²) in [5.41, 5.74) is 0.762. The fourth-order valence-corrected chi connectivity index (χ4v) is 3.86. The largest absolute Gasteiger partial charge is 0.496 e. The van der Waals surface area contributed by atoms with Crippen LogP contribution in [0.5, 0.6) is 5.75 Å². The fourth-order valence-electron chi connectivity index (χ4n) is 2.74. The van der Waals surface area contributed by atoms with Crippen LogP contribution < -0.4 is 14.8 Å². The molecule has 3 rings (SSSR count). The minimum absolute atomic E-state index is 0.207. The van der Waals surface area contributed by atoms with Crippen LogP contribution >= 0.6 is 0 Å². The summed E-state index contributed by atoms with van der Waals surface area (Å²) in [4.78, 5) is 8.94. The summed E-state index contributed by atoms with van der Waals surface area (Å²) in [7, 11) is -2.04. The molecule has 2 N–H and O–H groups in total. The van der Waals surface area contributed by atoms with Gasteiger partial charge >= 0.3 is 0 Å². The third kappa shape index (κ3) is 4.68. The van der Waals surface area contributed by atoms with Crippen LogP contribution in [-0.4, -0.2) is 43.2 Å². The number of nitrogens with zero attached hydrogens (tertiary/aromatic N) is 3. The first-order chi connectivity index (χ1) is 13.4. The average Bonchev–Trinajstić information content (AvgIpc) is 3.19. The minimum Gasteiger partial charge on any atom is -0.496 e. The van der Waals surface area contributed by atoms with Crippen LogP contribution in [0.2, 0.25) is 0 Å². The molecule has 0 aliphatic rings. The maximum atomic E-state index is 12.5. The molecule has 0 atom stereocenters. The standard InChI is InChI=1S/C19H23N5O3S/c1-14-12-16(6-7-17(14)27-3)28(25,26)21-9-8-20-18-13-19(23-15(2)22-18)24-10-4-5-11-24/h4-7,10-13,21H,8-9H2,1-3H3,(H,20,22,23). The second-order valence-electron chi connectivity index (χ2n) is 6.20. The third-order valence-electron chi connectivity index (χ3n) is 4.09. The molecule has 0 aliphatic carbocycles. The summed E-state index contributed by atoms with van der Waals surface area (Å²) >= 11 is 0. The van der Waals surface area contributed by atoms with Crippen LogP contribution in [0.3, 0.4) is 0 Å². The minimum atomic E-state index is -3.60. The van der Waals surface area contributed by atoms with Gasteiger partial charge in [-0.1, -0.05) is 0 Å². The number of aromatic nitrogens is 3. The zero-order chi connectivity index (χ0) is 20.1. The maximum absolute atomic E-state index is 12.5. The van der Waals surface area contributed by atoms with Gasteiger partial charge in [0, 0.05) is 31.5 Å². The highest BCUT2D eigenvalue weighted by atomic mass is 32.2.